The van der Waals surface area contributed by atoms with E-state index in [1.807, 2.05) is 0 Å². The lowest BCUT2D eigenvalue weighted by atomic mass is 9.95. The molecule has 232 valence electrons. The maximum Gasteiger partial charge on any atom is 0.338 e. The maximum atomic E-state index is 15.4. The summed E-state index contributed by atoms with van der Waals surface area (Å²) in [7, 11) is 1.10. The molecular formula is C26H26ClF4N5O6S. The zero-order chi connectivity index (χ0) is 31.3. The molecule has 3 N–H and O–H groups in total. The standard InChI is InChI=1S/C26H26ClF4N5O6S/c1-25(40,24(38)39)5-7-36-20-15(10-42-36)35(11-26(20,30)31)9-14-16(23(37)41-2)19(12-3-4-13(28)18(29)17(12)27)34-21(33-14)22-32-6-8-43-22/h3-4,6,8,15,19-20,40H,5,7,9-11H2,1-2H3,(H,33,34)(H,38,39)/t15-,19-,20+,25-/m0/s1. The molecule has 11 nitrogen and oxygen atoms in total. The average Bonchev–Trinajstić information content (AvgIpc) is 3.69. The van der Waals surface area contributed by atoms with Crippen LogP contribution in [-0.4, -0.2) is 99.9 Å². The van der Waals surface area contributed by atoms with Gasteiger partial charge in [0.1, 0.15) is 12.1 Å². The number of fused-ring (bicyclic) bond motifs is 1. The van der Waals surface area contributed by atoms with Crippen LogP contribution in [0.2, 0.25) is 5.02 Å². The SMILES string of the molecule is COC(=O)C1=C(CN2CC(F)(F)[C@H]3[C@@H]2CON3CC[C@](C)(O)C(=O)O)NC(c2nccs2)=N[C@H]1c1ccc(F)c(F)c1Cl. The van der Waals surface area contributed by atoms with E-state index in [1.54, 1.807) is 5.38 Å². The predicted molar refractivity (Wildman–Crippen MR) is 145 cm³/mol. The highest BCUT2D eigenvalue weighted by molar-refractivity contribution is 7.11. The molecule has 0 radical (unpaired) electrons. The van der Waals surface area contributed by atoms with Crippen molar-refractivity contribution in [3.63, 3.8) is 0 Å². The van der Waals surface area contributed by atoms with Gasteiger partial charge in [-0.2, -0.15) is 5.06 Å². The zero-order valence-electron chi connectivity index (χ0n) is 22.7. The number of halogens is 5. The van der Waals surface area contributed by atoms with Gasteiger partial charge in [-0.15, -0.1) is 11.3 Å². The lowest BCUT2D eigenvalue weighted by Gasteiger charge is -2.30. The van der Waals surface area contributed by atoms with Gasteiger partial charge in [0, 0.05) is 42.3 Å². The molecular weight excluding hydrogens is 622 g/mol. The number of hydrogen-bond acceptors (Lipinski definition) is 11. The largest absolute Gasteiger partial charge is 0.479 e. The first-order valence-corrected chi connectivity index (χ1v) is 14.2. The van der Waals surface area contributed by atoms with E-state index in [2.05, 4.69) is 15.3 Å². The number of benzene rings is 1. The molecule has 0 aliphatic carbocycles. The monoisotopic (exact) mass is 647 g/mol. The minimum atomic E-state index is -3.33. The number of hydroxylamine groups is 2. The molecule has 1 aromatic heterocycles. The van der Waals surface area contributed by atoms with E-state index in [0.29, 0.717) is 5.01 Å². The van der Waals surface area contributed by atoms with Gasteiger partial charge in [-0.25, -0.2) is 32.1 Å². The number of carbonyl (C=O) groups excluding carboxylic acids is 1. The summed E-state index contributed by atoms with van der Waals surface area (Å²) < 4.78 is 64.3. The van der Waals surface area contributed by atoms with Crippen molar-refractivity contribution in [3.05, 3.63) is 62.2 Å². The Morgan fingerprint density at radius 1 is 1.35 bits per heavy atom. The van der Waals surface area contributed by atoms with Crippen LogP contribution >= 0.6 is 22.9 Å². The number of thiazole rings is 1. The third-order valence-corrected chi connectivity index (χ3v) is 8.73. The first kappa shape index (κ1) is 31.3. The second-order valence-corrected chi connectivity index (χ2v) is 11.7. The molecule has 0 bridgehead atoms. The third-order valence-electron chi connectivity index (χ3n) is 7.57. The number of aliphatic imine (C=N–C) groups is 1. The minimum Gasteiger partial charge on any atom is -0.479 e. The van der Waals surface area contributed by atoms with Crippen LogP contribution in [0.25, 0.3) is 0 Å². The van der Waals surface area contributed by atoms with E-state index in [0.717, 1.165) is 25.2 Å². The number of ether oxygens (including phenoxy) is 1. The molecule has 2 aromatic rings. The molecule has 1 aromatic carbocycles. The Morgan fingerprint density at radius 2 is 2.09 bits per heavy atom. The highest BCUT2D eigenvalue weighted by Gasteiger charge is 2.61. The number of rotatable bonds is 9. The molecule has 0 spiro atoms. The van der Waals surface area contributed by atoms with Crippen LogP contribution in [0.4, 0.5) is 17.6 Å². The van der Waals surface area contributed by atoms with E-state index in [9.17, 15) is 28.6 Å². The van der Waals surface area contributed by atoms with E-state index in [1.165, 1.54) is 28.5 Å². The molecule has 4 heterocycles. The number of methoxy groups -OCH3 is 1. The van der Waals surface area contributed by atoms with E-state index >= 15 is 8.78 Å². The topological polar surface area (TPSA) is 137 Å². The van der Waals surface area contributed by atoms with E-state index in [-0.39, 0.29) is 48.8 Å². The Balaban J connectivity index is 1.51. The van der Waals surface area contributed by atoms with Crippen molar-refractivity contribution < 1.29 is 46.9 Å². The van der Waals surface area contributed by atoms with Gasteiger partial charge >= 0.3 is 11.9 Å². The summed E-state index contributed by atoms with van der Waals surface area (Å²) >= 11 is 7.35. The fraction of sp³-hybridized carbons (Fsp3) is 0.462. The van der Waals surface area contributed by atoms with Crippen molar-refractivity contribution in [2.45, 2.75) is 43.0 Å². The quantitative estimate of drug-likeness (QED) is 0.212. The number of amidine groups is 1. The van der Waals surface area contributed by atoms with Crippen LogP contribution in [0.3, 0.4) is 0 Å². The van der Waals surface area contributed by atoms with Crippen LogP contribution in [0.1, 0.15) is 30.0 Å². The number of nitrogens with one attached hydrogen (secondary N) is 1. The van der Waals surface area contributed by atoms with Crippen LogP contribution in [0.15, 0.2) is 40.0 Å². The Bertz CT molecular complexity index is 1490. The van der Waals surface area contributed by atoms with Gasteiger partial charge in [-0.3, -0.25) is 14.7 Å². The summed E-state index contributed by atoms with van der Waals surface area (Å²) in [6, 6.07) is -1.67. The molecule has 17 heteroatoms. The predicted octanol–water partition coefficient (Wildman–Crippen LogP) is 2.75. The number of hydrogen-bond donors (Lipinski definition) is 3. The first-order valence-electron chi connectivity index (χ1n) is 12.9. The Labute approximate surface area is 251 Å². The van der Waals surface area contributed by atoms with Crippen molar-refractivity contribution >= 4 is 40.7 Å². The summed E-state index contributed by atoms with van der Waals surface area (Å²) in [5, 5.41) is 24.6. The maximum absolute atomic E-state index is 15.4. The van der Waals surface area contributed by atoms with Crippen LogP contribution in [-0.2, 0) is 19.2 Å². The van der Waals surface area contributed by atoms with Crippen LogP contribution < -0.4 is 5.32 Å². The third kappa shape index (κ3) is 5.86. The molecule has 3 aliphatic heterocycles. The van der Waals surface area contributed by atoms with Crippen molar-refractivity contribution in [1.29, 1.82) is 0 Å². The zero-order valence-corrected chi connectivity index (χ0v) is 24.3. The lowest BCUT2D eigenvalue weighted by molar-refractivity contribution is -0.190. The molecule has 3 aliphatic rings. The lowest BCUT2D eigenvalue weighted by Crippen LogP contribution is -2.47. The number of nitrogens with zero attached hydrogens (tertiary/aromatic N) is 4. The fourth-order valence-electron chi connectivity index (χ4n) is 5.33. The van der Waals surface area contributed by atoms with E-state index < -0.39 is 64.8 Å². The summed E-state index contributed by atoms with van der Waals surface area (Å²) in [5.41, 5.74) is -2.26. The van der Waals surface area contributed by atoms with Crippen LogP contribution in [0, 0.1) is 11.6 Å². The second-order valence-electron chi connectivity index (χ2n) is 10.4. The number of carboxylic acid groups (broad SMARTS) is 1. The number of alkyl halides is 2. The molecule has 43 heavy (non-hydrogen) atoms. The number of aromatic nitrogens is 1. The molecule has 0 saturated carbocycles. The van der Waals surface area contributed by atoms with Gasteiger partial charge in [-0.05, 0) is 13.0 Å². The van der Waals surface area contributed by atoms with Crippen molar-refractivity contribution in [1.82, 2.24) is 20.3 Å². The van der Waals surface area contributed by atoms with Crippen molar-refractivity contribution in [2.24, 2.45) is 4.99 Å². The number of likely N-dealkylation sites (tertiary alicyclic amines) is 1. The Kier molecular flexibility index (Phi) is 8.54. The normalized spacial score (nSPS) is 25.2. The van der Waals surface area contributed by atoms with Crippen molar-refractivity contribution in [3.8, 4) is 0 Å². The molecule has 0 amide bonds. The highest BCUT2D eigenvalue weighted by atomic mass is 35.5. The Morgan fingerprint density at radius 3 is 2.74 bits per heavy atom. The average molecular weight is 648 g/mol. The van der Waals surface area contributed by atoms with Gasteiger partial charge < -0.3 is 20.3 Å². The van der Waals surface area contributed by atoms with Gasteiger partial charge in [0.15, 0.2) is 28.1 Å². The number of aliphatic hydroxyl groups is 1. The first-order chi connectivity index (χ1) is 20.2. The minimum absolute atomic E-state index is 0.0560. The fourth-order valence-corrected chi connectivity index (χ4v) is 6.17. The summed E-state index contributed by atoms with van der Waals surface area (Å²) in [6.45, 7) is -0.419. The number of esters is 1. The molecule has 2 saturated heterocycles. The van der Waals surface area contributed by atoms with Gasteiger partial charge in [-0.1, -0.05) is 17.7 Å². The van der Waals surface area contributed by atoms with E-state index in [4.69, 9.17) is 21.2 Å². The van der Waals surface area contributed by atoms with Gasteiger partial charge in [0.2, 0.25) is 0 Å². The second kappa shape index (κ2) is 11.7. The smallest absolute Gasteiger partial charge is 0.338 e. The molecule has 5 rings (SSSR count). The number of aliphatic carboxylic acids is 1. The summed E-state index contributed by atoms with van der Waals surface area (Å²) in [5.74, 6) is -8.14. The highest BCUT2D eigenvalue weighted by Crippen LogP contribution is 2.42. The number of carbonyl (C=O) groups is 2. The molecule has 2 fully saturated rings. The van der Waals surface area contributed by atoms with Crippen molar-refractivity contribution in [2.75, 3.05) is 33.4 Å². The molecule has 0 unspecified atom stereocenters. The Hall–Kier alpha value is -3.15. The number of carboxylic acids is 1. The summed E-state index contributed by atoms with van der Waals surface area (Å²) in [6.07, 6.45) is 1.13. The van der Waals surface area contributed by atoms with Crippen LogP contribution in [0.5, 0.6) is 0 Å². The van der Waals surface area contributed by atoms with Gasteiger partial charge in [0.25, 0.3) is 5.92 Å². The summed E-state index contributed by atoms with van der Waals surface area (Å²) in [4.78, 5) is 40.1. The molecule has 4 atom stereocenters. The van der Waals surface area contributed by atoms with Gasteiger partial charge in [0.05, 0.1) is 36.9 Å².